The van der Waals surface area contributed by atoms with Crippen molar-refractivity contribution in [3.8, 4) is 0 Å². The monoisotopic (exact) mass is 301 g/mol. The Morgan fingerprint density at radius 1 is 1.09 bits per heavy atom. The van der Waals surface area contributed by atoms with Gasteiger partial charge < -0.3 is 10.1 Å². The van der Waals surface area contributed by atoms with Gasteiger partial charge in [0, 0.05) is 0 Å². The number of rotatable bonds is 5. The van der Waals surface area contributed by atoms with Crippen molar-refractivity contribution < 1.29 is 18.7 Å². The molecule has 22 heavy (non-hydrogen) atoms. The van der Waals surface area contributed by atoms with Crippen molar-refractivity contribution in [3.63, 3.8) is 0 Å². The van der Waals surface area contributed by atoms with Crippen LogP contribution in [-0.2, 0) is 20.7 Å². The molecule has 0 saturated heterocycles. The zero-order valence-electron chi connectivity index (χ0n) is 12.1. The predicted molar refractivity (Wildman–Crippen MR) is 79.4 cm³/mol. The first-order chi connectivity index (χ1) is 10.6. The Morgan fingerprint density at radius 3 is 2.32 bits per heavy atom. The molecule has 1 amide bonds. The van der Waals surface area contributed by atoms with Crippen LogP contribution < -0.4 is 5.32 Å². The van der Waals surface area contributed by atoms with E-state index in [-0.39, 0.29) is 18.1 Å². The van der Waals surface area contributed by atoms with Gasteiger partial charge in [0.05, 0.1) is 13.5 Å². The van der Waals surface area contributed by atoms with Gasteiger partial charge in [-0.1, -0.05) is 42.5 Å². The first kappa shape index (κ1) is 15.7. The van der Waals surface area contributed by atoms with E-state index in [2.05, 4.69) is 5.32 Å². The lowest BCUT2D eigenvalue weighted by Gasteiger charge is -2.17. The summed E-state index contributed by atoms with van der Waals surface area (Å²) in [4.78, 5) is 23.9. The summed E-state index contributed by atoms with van der Waals surface area (Å²) in [6, 6.07) is 13.6. The molecule has 1 atom stereocenters. The van der Waals surface area contributed by atoms with Gasteiger partial charge in [0.1, 0.15) is 5.82 Å². The van der Waals surface area contributed by atoms with E-state index >= 15 is 0 Å². The van der Waals surface area contributed by atoms with Gasteiger partial charge in [-0.2, -0.15) is 0 Å². The van der Waals surface area contributed by atoms with Gasteiger partial charge in [-0.3, -0.25) is 4.79 Å². The predicted octanol–water partition coefficient (Wildman–Crippen LogP) is 2.40. The highest BCUT2D eigenvalue weighted by atomic mass is 19.1. The number of carbonyl (C=O) groups is 2. The minimum atomic E-state index is -0.862. The third-order valence-electron chi connectivity index (χ3n) is 3.15. The van der Waals surface area contributed by atoms with E-state index in [9.17, 15) is 14.0 Å². The minimum Gasteiger partial charge on any atom is -0.467 e. The summed E-state index contributed by atoms with van der Waals surface area (Å²) in [5.74, 6) is -1.25. The highest BCUT2D eigenvalue weighted by Crippen LogP contribution is 2.14. The molecule has 0 aliphatic rings. The third-order valence-corrected chi connectivity index (χ3v) is 3.15. The lowest BCUT2D eigenvalue weighted by atomic mass is 10.1. The Hall–Kier alpha value is -2.69. The molecule has 114 valence electrons. The van der Waals surface area contributed by atoms with E-state index in [0.717, 1.165) is 0 Å². The first-order valence-electron chi connectivity index (χ1n) is 6.76. The van der Waals surface area contributed by atoms with Crippen molar-refractivity contribution in [2.75, 3.05) is 7.11 Å². The molecule has 0 fully saturated rings. The quantitative estimate of drug-likeness (QED) is 0.863. The molecular weight excluding hydrogens is 285 g/mol. The molecule has 1 N–H and O–H groups in total. The van der Waals surface area contributed by atoms with E-state index in [1.165, 1.54) is 31.4 Å². The number of halogens is 1. The molecule has 4 nitrogen and oxygen atoms in total. The Bertz CT molecular complexity index is 641. The molecule has 0 aliphatic heterocycles. The number of hydrogen-bond acceptors (Lipinski definition) is 3. The summed E-state index contributed by atoms with van der Waals surface area (Å²) in [6.07, 6.45) is 0.0562. The van der Waals surface area contributed by atoms with Crippen LogP contribution in [0.1, 0.15) is 17.2 Å². The lowest BCUT2D eigenvalue weighted by molar-refractivity contribution is -0.145. The fourth-order valence-electron chi connectivity index (χ4n) is 2.04. The molecule has 0 aliphatic carbocycles. The van der Waals surface area contributed by atoms with E-state index in [4.69, 9.17) is 4.74 Å². The molecular formula is C17H16FNO3. The standard InChI is InChI=1S/C17H16FNO3/c1-22-17(21)16(13-5-3-2-4-6-13)19-15(20)11-12-7-9-14(18)10-8-12/h2-10,16H,11H2,1H3,(H,19,20)/t16-/m0/s1. The van der Waals surface area contributed by atoms with Crippen molar-refractivity contribution in [2.24, 2.45) is 0 Å². The van der Waals surface area contributed by atoms with Gasteiger partial charge in [0.2, 0.25) is 5.91 Å². The Kier molecular flexibility index (Phi) is 5.25. The highest BCUT2D eigenvalue weighted by Gasteiger charge is 2.23. The van der Waals surface area contributed by atoms with Gasteiger partial charge in [-0.15, -0.1) is 0 Å². The fraction of sp³-hybridized carbons (Fsp3) is 0.176. The van der Waals surface area contributed by atoms with Gasteiger partial charge in [0.15, 0.2) is 6.04 Å². The summed E-state index contributed by atoms with van der Waals surface area (Å²) in [5.41, 5.74) is 1.30. The van der Waals surface area contributed by atoms with Crippen LogP contribution in [-0.4, -0.2) is 19.0 Å². The van der Waals surface area contributed by atoms with E-state index in [1.54, 1.807) is 24.3 Å². The summed E-state index contributed by atoms with van der Waals surface area (Å²) >= 11 is 0. The van der Waals surface area contributed by atoms with Gasteiger partial charge in [0.25, 0.3) is 0 Å². The molecule has 0 spiro atoms. The second-order valence-electron chi connectivity index (χ2n) is 4.74. The lowest BCUT2D eigenvalue weighted by Crippen LogP contribution is -2.35. The zero-order valence-corrected chi connectivity index (χ0v) is 12.1. The minimum absolute atomic E-state index is 0.0562. The summed E-state index contributed by atoms with van der Waals surface area (Å²) in [5, 5.41) is 2.64. The van der Waals surface area contributed by atoms with Crippen LogP contribution in [0.4, 0.5) is 4.39 Å². The van der Waals surface area contributed by atoms with Crippen LogP contribution in [0.15, 0.2) is 54.6 Å². The SMILES string of the molecule is COC(=O)[C@@H](NC(=O)Cc1ccc(F)cc1)c1ccccc1. The Morgan fingerprint density at radius 2 is 1.73 bits per heavy atom. The molecule has 2 aromatic rings. The van der Waals surface area contributed by atoms with Crippen LogP contribution in [0, 0.1) is 5.82 Å². The number of esters is 1. The smallest absolute Gasteiger partial charge is 0.333 e. The number of hydrogen-bond donors (Lipinski definition) is 1. The van der Waals surface area contributed by atoms with Gasteiger partial charge in [-0.05, 0) is 23.3 Å². The number of benzene rings is 2. The molecule has 0 radical (unpaired) electrons. The molecule has 0 aromatic heterocycles. The molecule has 2 rings (SSSR count). The maximum absolute atomic E-state index is 12.8. The molecule has 5 heteroatoms. The largest absolute Gasteiger partial charge is 0.467 e. The Labute approximate surface area is 127 Å². The topological polar surface area (TPSA) is 55.4 Å². The number of ether oxygens (including phenoxy) is 1. The third kappa shape index (κ3) is 4.15. The molecule has 0 bridgehead atoms. The normalized spacial score (nSPS) is 11.5. The number of methoxy groups -OCH3 is 1. The zero-order chi connectivity index (χ0) is 15.9. The van der Waals surface area contributed by atoms with Gasteiger partial charge in [-0.25, -0.2) is 9.18 Å². The van der Waals surface area contributed by atoms with Crippen molar-refractivity contribution in [2.45, 2.75) is 12.5 Å². The van der Waals surface area contributed by atoms with Crippen molar-refractivity contribution in [1.82, 2.24) is 5.32 Å². The molecule has 0 saturated carbocycles. The molecule has 0 unspecified atom stereocenters. The average Bonchev–Trinajstić information content (AvgIpc) is 2.55. The van der Waals surface area contributed by atoms with Crippen LogP contribution in [0.2, 0.25) is 0 Å². The summed E-state index contributed by atoms with van der Waals surface area (Å²) < 4.78 is 17.6. The number of amides is 1. The Balaban J connectivity index is 2.08. The van der Waals surface area contributed by atoms with E-state index in [1.807, 2.05) is 6.07 Å². The van der Waals surface area contributed by atoms with Gasteiger partial charge >= 0.3 is 5.97 Å². The van der Waals surface area contributed by atoms with Crippen LogP contribution in [0.5, 0.6) is 0 Å². The highest BCUT2D eigenvalue weighted by molar-refractivity contribution is 5.86. The van der Waals surface area contributed by atoms with Crippen molar-refractivity contribution in [3.05, 3.63) is 71.5 Å². The average molecular weight is 301 g/mol. The summed E-state index contributed by atoms with van der Waals surface area (Å²) in [7, 11) is 1.27. The summed E-state index contributed by atoms with van der Waals surface area (Å²) in [6.45, 7) is 0. The maximum atomic E-state index is 12.8. The first-order valence-corrected chi connectivity index (χ1v) is 6.76. The number of nitrogens with one attached hydrogen (secondary N) is 1. The second kappa shape index (κ2) is 7.36. The van der Waals surface area contributed by atoms with Crippen LogP contribution >= 0.6 is 0 Å². The second-order valence-corrected chi connectivity index (χ2v) is 4.74. The van der Waals surface area contributed by atoms with Crippen LogP contribution in [0.25, 0.3) is 0 Å². The fourth-order valence-corrected chi connectivity index (χ4v) is 2.04. The van der Waals surface area contributed by atoms with E-state index in [0.29, 0.717) is 11.1 Å². The molecule has 0 heterocycles. The molecule has 2 aromatic carbocycles. The van der Waals surface area contributed by atoms with Crippen LogP contribution in [0.3, 0.4) is 0 Å². The van der Waals surface area contributed by atoms with Crippen molar-refractivity contribution >= 4 is 11.9 Å². The number of carbonyl (C=O) groups excluding carboxylic acids is 2. The maximum Gasteiger partial charge on any atom is 0.333 e. The van der Waals surface area contributed by atoms with Crippen molar-refractivity contribution in [1.29, 1.82) is 0 Å². The van der Waals surface area contributed by atoms with E-state index < -0.39 is 12.0 Å².